The molecule has 0 aliphatic carbocycles. The van der Waals surface area contributed by atoms with Crippen LogP contribution in [0.5, 0.6) is 34.5 Å². The Kier molecular flexibility index (Phi) is 8.72. The van der Waals surface area contributed by atoms with E-state index in [0.717, 1.165) is 27.8 Å². The van der Waals surface area contributed by atoms with Crippen LogP contribution >= 0.6 is 0 Å². The lowest BCUT2D eigenvalue weighted by Crippen LogP contribution is -2.11. The van der Waals surface area contributed by atoms with Crippen LogP contribution in [0.4, 0.5) is 0 Å². The zero-order valence-corrected chi connectivity index (χ0v) is 25.4. The molecule has 0 aromatic heterocycles. The van der Waals surface area contributed by atoms with Gasteiger partial charge in [0.1, 0.15) is 40.6 Å². The van der Waals surface area contributed by atoms with E-state index in [1.807, 2.05) is 82.3 Å². The fourth-order valence-electron chi connectivity index (χ4n) is 5.49. The van der Waals surface area contributed by atoms with Crippen molar-refractivity contribution in [1.29, 1.82) is 0 Å². The van der Waals surface area contributed by atoms with Crippen molar-refractivity contribution in [1.82, 2.24) is 0 Å². The first-order valence-corrected chi connectivity index (χ1v) is 14.6. The normalized spacial score (nSPS) is 15.5. The molecule has 1 aliphatic heterocycles. The average Bonchev–Trinajstić information content (AvgIpc) is 3.34. The summed E-state index contributed by atoms with van der Waals surface area (Å²) in [5.74, 6) is 0.562. The molecule has 0 amide bonds. The second kappa shape index (κ2) is 12.6. The summed E-state index contributed by atoms with van der Waals surface area (Å²) in [6, 6.07) is 19.3. The molecule has 0 saturated heterocycles. The van der Waals surface area contributed by atoms with Gasteiger partial charge in [0.05, 0.1) is 5.92 Å². The fourth-order valence-corrected chi connectivity index (χ4v) is 5.49. The molecule has 0 fully saturated rings. The highest BCUT2D eigenvalue weighted by molar-refractivity contribution is 5.73. The Morgan fingerprint density at radius 3 is 1.68 bits per heavy atom. The molecule has 0 saturated carbocycles. The third kappa shape index (κ3) is 6.60. The van der Waals surface area contributed by atoms with Gasteiger partial charge in [-0.1, -0.05) is 53.6 Å². The van der Waals surface area contributed by atoms with E-state index in [4.69, 9.17) is 4.74 Å². The monoisotopic (exact) mass is 590 g/mol. The van der Waals surface area contributed by atoms with Crippen LogP contribution in [-0.4, -0.2) is 25.5 Å². The molecule has 5 N–H and O–H groups in total. The third-order valence-electron chi connectivity index (χ3n) is 7.85. The molecule has 5 rings (SSSR count). The van der Waals surface area contributed by atoms with E-state index < -0.39 is 6.10 Å². The largest absolute Gasteiger partial charge is 0.508 e. The van der Waals surface area contributed by atoms with E-state index in [2.05, 4.69) is 0 Å². The Hall–Kier alpha value is -5.10. The van der Waals surface area contributed by atoms with Crippen molar-refractivity contribution in [3.63, 3.8) is 0 Å². The number of fused-ring (bicyclic) bond motifs is 1. The Bertz CT molecular complexity index is 1720. The summed E-state index contributed by atoms with van der Waals surface area (Å²) in [6.07, 6.45) is 8.02. The van der Waals surface area contributed by atoms with Crippen LogP contribution in [0.2, 0.25) is 0 Å². The number of ether oxygens (including phenoxy) is 1. The zero-order chi connectivity index (χ0) is 31.5. The SMILES string of the molecule is CC(C)=CCc1c(O)cc(/C=C/c2ccc3c(c2)[C@H](c2cc(O)c(CC=C(C)C)c(O)c2)[C@@H](c2ccc(O)cc2)O3)cc1O. The van der Waals surface area contributed by atoms with Crippen LogP contribution in [0.1, 0.15) is 78.7 Å². The summed E-state index contributed by atoms with van der Waals surface area (Å²) in [5.41, 5.74) is 7.07. The lowest BCUT2D eigenvalue weighted by Gasteiger charge is -2.21. The first-order chi connectivity index (χ1) is 21.0. The number of allylic oxidation sites excluding steroid dienone is 4. The first kappa shape index (κ1) is 30.4. The highest BCUT2D eigenvalue weighted by Crippen LogP contribution is 2.51. The van der Waals surface area contributed by atoms with Gasteiger partial charge in [0.25, 0.3) is 0 Å². The van der Waals surface area contributed by atoms with Crippen molar-refractivity contribution in [2.45, 2.75) is 52.6 Å². The molecule has 0 spiro atoms. The number of phenols is 5. The summed E-state index contributed by atoms with van der Waals surface area (Å²) in [6.45, 7) is 7.87. The van der Waals surface area contributed by atoms with Gasteiger partial charge in [-0.05, 0) is 111 Å². The maximum Gasteiger partial charge on any atom is 0.135 e. The van der Waals surface area contributed by atoms with Gasteiger partial charge in [-0.25, -0.2) is 0 Å². The summed E-state index contributed by atoms with van der Waals surface area (Å²) in [7, 11) is 0. The second-order valence-electron chi connectivity index (χ2n) is 11.8. The molecular weight excluding hydrogens is 552 g/mol. The van der Waals surface area contributed by atoms with Crippen molar-refractivity contribution in [2.75, 3.05) is 0 Å². The Labute approximate surface area is 258 Å². The molecule has 0 bridgehead atoms. The van der Waals surface area contributed by atoms with Crippen molar-refractivity contribution < 1.29 is 30.3 Å². The van der Waals surface area contributed by atoms with E-state index in [-0.39, 0.29) is 34.7 Å². The average molecular weight is 591 g/mol. The molecule has 44 heavy (non-hydrogen) atoms. The van der Waals surface area contributed by atoms with Gasteiger partial charge in [-0.3, -0.25) is 0 Å². The molecular formula is C38H38O6. The van der Waals surface area contributed by atoms with E-state index in [1.54, 1.807) is 36.4 Å². The number of benzene rings is 4. The summed E-state index contributed by atoms with van der Waals surface area (Å²) in [5, 5.41) is 52.9. The van der Waals surface area contributed by atoms with E-state index in [0.29, 0.717) is 40.8 Å². The van der Waals surface area contributed by atoms with E-state index in [1.165, 1.54) is 0 Å². The molecule has 226 valence electrons. The van der Waals surface area contributed by atoms with Gasteiger partial charge in [-0.2, -0.15) is 0 Å². The fraction of sp³-hybridized carbons (Fsp3) is 0.211. The van der Waals surface area contributed by atoms with Crippen LogP contribution < -0.4 is 4.74 Å². The van der Waals surface area contributed by atoms with Crippen LogP contribution in [0.15, 0.2) is 90.0 Å². The summed E-state index contributed by atoms with van der Waals surface area (Å²) in [4.78, 5) is 0. The number of aromatic hydroxyl groups is 5. The van der Waals surface area contributed by atoms with Gasteiger partial charge in [-0.15, -0.1) is 0 Å². The van der Waals surface area contributed by atoms with Crippen molar-refractivity contribution >= 4 is 12.2 Å². The minimum atomic E-state index is -0.463. The number of phenolic OH excluding ortho intramolecular Hbond substituents is 5. The molecule has 4 aromatic rings. The van der Waals surface area contributed by atoms with Crippen molar-refractivity contribution in [3.05, 3.63) is 129 Å². The highest BCUT2D eigenvalue weighted by Gasteiger charge is 2.37. The Balaban J connectivity index is 1.52. The van der Waals surface area contributed by atoms with Crippen molar-refractivity contribution in [3.8, 4) is 34.5 Å². The van der Waals surface area contributed by atoms with Gasteiger partial charge in [0.15, 0.2) is 0 Å². The third-order valence-corrected chi connectivity index (χ3v) is 7.85. The van der Waals surface area contributed by atoms with Crippen LogP contribution in [0.25, 0.3) is 12.2 Å². The lowest BCUT2D eigenvalue weighted by molar-refractivity contribution is 0.222. The molecule has 4 aromatic carbocycles. The highest BCUT2D eigenvalue weighted by atomic mass is 16.5. The van der Waals surface area contributed by atoms with Gasteiger partial charge < -0.3 is 30.3 Å². The number of rotatable bonds is 8. The van der Waals surface area contributed by atoms with Gasteiger partial charge in [0.2, 0.25) is 0 Å². The molecule has 0 unspecified atom stereocenters. The minimum absolute atomic E-state index is 0.0131. The maximum absolute atomic E-state index is 11.0. The number of hydrogen-bond acceptors (Lipinski definition) is 6. The van der Waals surface area contributed by atoms with Crippen LogP contribution in [0.3, 0.4) is 0 Å². The standard InChI is InChI=1S/C38H38O6/c1-22(2)5-14-29-32(40)18-25(19-33(29)41)8-7-24-9-16-36-31(17-24)37(38(44-36)26-10-12-28(39)13-11-26)27-20-34(42)30(35(43)21-27)15-6-23(3)4/h5-13,16-21,37-43H,14-15H2,1-4H3/b8-7+/t37-,38+/m0/s1. The molecule has 1 aliphatic rings. The zero-order valence-electron chi connectivity index (χ0n) is 25.4. The van der Waals surface area contributed by atoms with Crippen LogP contribution in [-0.2, 0) is 12.8 Å². The van der Waals surface area contributed by atoms with Gasteiger partial charge >= 0.3 is 0 Å². The second-order valence-corrected chi connectivity index (χ2v) is 11.8. The predicted molar refractivity (Wildman–Crippen MR) is 175 cm³/mol. The van der Waals surface area contributed by atoms with Crippen molar-refractivity contribution in [2.24, 2.45) is 0 Å². The molecule has 6 nitrogen and oxygen atoms in total. The summed E-state index contributed by atoms with van der Waals surface area (Å²) < 4.78 is 6.44. The van der Waals surface area contributed by atoms with Crippen LogP contribution in [0, 0.1) is 0 Å². The minimum Gasteiger partial charge on any atom is -0.508 e. The smallest absolute Gasteiger partial charge is 0.135 e. The topological polar surface area (TPSA) is 110 Å². The number of hydrogen-bond donors (Lipinski definition) is 5. The molecule has 1 heterocycles. The molecule has 2 atom stereocenters. The first-order valence-electron chi connectivity index (χ1n) is 14.6. The Morgan fingerprint density at radius 2 is 1.14 bits per heavy atom. The lowest BCUT2D eigenvalue weighted by atomic mass is 9.83. The molecule has 6 heteroatoms. The summed E-state index contributed by atoms with van der Waals surface area (Å²) >= 11 is 0. The quantitative estimate of drug-likeness (QED) is 0.104. The predicted octanol–water partition coefficient (Wildman–Crippen LogP) is 8.67. The van der Waals surface area contributed by atoms with Gasteiger partial charge in [0, 0.05) is 16.7 Å². The Morgan fingerprint density at radius 1 is 0.614 bits per heavy atom. The molecule has 0 radical (unpaired) electrons. The van der Waals surface area contributed by atoms with E-state index in [9.17, 15) is 25.5 Å². The van der Waals surface area contributed by atoms with E-state index >= 15 is 0 Å². The maximum atomic E-state index is 11.0.